The molecule has 2 N–H and O–H groups in total. The molecule has 0 aliphatic carbocycles. The summed E-state index contributed by atoms with van der Waals surface area (Å²) in [6.07, 6.45) is 0.906. The van der Waals surface area contributed by atoms with E-state index in [2.05, 4.69) is 12.1 Å². The number of carbonyl (C=O) groups is 1. The maximum atomic E-state index is 12.7. The van der Waals surface area contributed by atoms with Gasteiger partial charge in [0.2, 0.25) is 0 Å². The molecule has 0 spiro atoms. The predicted molar refractivity (Wildman–Crippen MR) is 76.4 cm³/mol. The molecule has 108 valence electrons. The van der Waals surface area contributed by atoms with Crippen molar-refractivity contribution in [3.8, 4) is 0 Å². The maximum Gasteiger partial charge on any atom is 0.320 e. The molecule has 1 unspecified atom stereocenters. The van der Waals surface area contributed by atoms with Gasteiger partial charge in [-0.2, -0.15) is 0 Å². The van der Waals surface area contributed by atoms with Gasteiger partial charge in [-0.15, -0.1) is 0 Å². The van der Waals surface area contributed by atoms with Gasteiger partial charge < -0.3 is 20.3 Å². The Balaban J connectivity index is 1.81. The quantitative estimate of drug-likeness (QED) is 0.831. The van der Waals surface area contributed by atoms with Crippen molar-refractivity contribution in [2.24, 2.45) is 5.73 Å². The van der Waals surface area contributed by atoms with Crippen LogP contribution in [0.4, 0.5) is 4.79 Å². The van der Waals surface area contributed by atoms with E-state index >= 15 is 0 Å². The Morgan fingerprint density at radius 1 is 1.25 bits per heavy atom. The minimum atomic E-state index is -0.00436. The van der Waals surface area contributed by atoms with Crippen LogP contribution in [0.1, 0.15) is 17.2 Å². The van der Waals surface area contributed by atoms with E-state index < -0.39 is 0 Å². The van der Waals surface area contributed by atoms with Gasteiger partial charge in [-0.3, -0.25) is 0 Å². The monoisotopic (exact) mass is 275 g/mol. The molecule has 0 radical (unpaired) electrons. The van der Waals surface area contributed by atoms with Gasteiger partial charge in [0, 0.05) is 26.2 Å². The lowest BCUT2D eigenvalue weighted by molar-refractivity contribution is 0.0385. The Kier molecular flexibility index (Phi) is 3.89. The number of morpholine rings is 1. The number of urea groups is 1. The molecule has 20 heavy (non-hydrogen) atoms. The molecule has 2 aliphatic rings. The first-order valence-corrected chi connectivity index (χ1v) is 7.22. The van der Waals surface area contributed by atoms with Crippen LogP contribution in [-0.4, -0.2) is 55.2 Å². The molecule has 3 rings (SSSR count). The van der Waals surface area contributed by atoms with E-state index in [0.717, 1.165) is 13.0 Å². The molecule has 2 amide bonds. The highest BCUT2D eigenvalue weighted by Crippen LogP contribution is 2.29. The Morgan fingerprint density at radius 2 is 2.00 bits per heavy atom. The molecule has 5 nitrogen and oxygen atoms in total. The van der Waals surface area contributed by atoms with Gasteiger partial charge in [-0.05, 0) is 17.5 Å². The van der Waals surface area contributed by atoms with Gasteiger partial charge in [-0.25, -0.2) is 4.79 Å². The van der Waals surface area contributed by atoms with Crippen molar-refractivity contribution in [1.29, 1.82) is 0 Å². The minimum Gasteiger partial charge on any atom is -0.378 e. The van der Waals surface area contributed by atoms with Crippen LogP contribution < -0.4 is 5.73 Å². The fourth-order valence-electron chi connectivity index (χ4n) is 3.07. The van der Waals surface area contributed by atoms with Crippen LogP contribution in [-0.2, 0) is 11.2 Å². The van der Waals surface area contributed by atoms with Crippen molar-refractivity contribution in [3.05, 3.63) is 35.4 Å². The highest BCUT2D eigenvalue weighted by molar-refractivity contribution is 5.75. The molecule has 5 heteroatoms. The number of hydrogen-bond donors (Lipinski definition) is 1. The summed E-state index contributed by atoms with van der Waals surface area (Å²) in [5, 5.41) is 0. The van der Waals surface area contributed by atoms with Crippen LogP contribution in [0.3, 0.4) is 0 Å². The summed E-state index contributed by atoms with van der Waals surface area (Å²) in [6.45, 7) is 3.82. The van der Waals surface area contributed by atoms with Crippen LogP contribution in [0.25, 0.3) is 0 Å². The zero-order valence-electron chi connectivity index (χ0n) is 11.6. The van der Waals surface area contributed by atoms with E-state index in [4.69, 9.17) is 10.5 Å². The normalized spacial score (nSPS) is 22.6. The number of rotatable bonds is 1. The lowest BCUT2D eigenvalue weighted by Crippen LogP contribution is -2.52. The lowest BCUT2D eigenvalue weighted by Gasteiger charge is -2.40. The lowest BCUT2D eigenvalue weighted by atomic mass is 9.93. The maximum absolute atomic E-state index is 12.7. The summed E-state index contributed by atoms with van der Waals surface area (Å²) in [4.78, 5) is 16.5. The molecule has 0 bridgehead atoms. The summed E-state index contributed by atoms with van der Waals surface area (Å²) in [5.41, 5.74) is 8.45. The molecule has 0 aromatic heterocycles. The van der Waals surface area contributed by atoms with E-state index in [9.17, 15) is 4.79 Å². The molecule has 2 aliphatic heterocycles. The first-order valence-electron chi connectivity index (χ1n) is 7.22. The third-order valence-corrected chi connectivity index (χ3v) is 4.16. The average molecular weight is 275 g/mol. The Bertz CT molecular complexity index is 486. The highest BCUT2D eigenvalue weighted by Gasteiger charge is 2.32. The summed E-state index contributed by atoms with van der Waals surface area (Å²) < 4.78 is 5.31. The smallest absolute Gasteiger partial charge is 0.320 e. The second kappa shape index (κ2) is 5.81. The SMILES string of the molecule is NCC1c2ccccc2CCN1C(=O)N1CCOCC1. The van der Waals surface area contributed by atoms with Crippen LogP contribution in [0.15, 0.2) is 24.3 Å². The third kappa shape index (κ3) is 2.39. The van der Waals surface area contributed by atoms with Crippen molar-refractivity contribution in [3.63, 3.8) is 0 Å². The zero-order valence-corrected chi connectivity index (χ0v) is 11.6. The van der Waals surface area contributed by atoms with Gasteiger partial charge >= 0.3 is 6.03 Å². The molecule has 1 aromatic carbocycles. The zero-order chi connectivity index (χ0) is 13.9. The summed E-state index contributed by atoms with van der Waals surface area (Å²) in [5.74, 6) is 0. The van der Waals surface area contributed by atoms with Crippen LogP contribution >= 0.6 is 0 Å². The number of hydrogen-bond acceptors (Lipinski definition) is 3. The van der Waals surface area contributed by atoms with E-state index in [1.165, 1.54) is 11.1 Å². The Morgan fingerprint density at radius 3 is 2.75 bits per heavy atom. The average Bonchev–Trinajstić information content (AvgIpc) is 2.54. The van der Waals surface area contributed by atoms with Gasteiger partial charge in [0.1, 0.15) is 0 Å². The van der Waals surface area contributed by atoms with E-state index in [-0.39, 0.29) is 12.1 Å². The van der Waals surface area contributed by atoms with Crippen molar-refractivity contribution in [2.45, 2.75) is 12.5 Å². The standard InChI is InChI=1S/C15H21N3O2/c16-11-14-13-4-2-1-3-12(13)5-6-18(14)15(19)17-7-9-20-10-8-17/h1-4,14H,5-11,16H2. The Hall–Kier alpha value is -1.59. The summed E-state index contributed by atoms with van der Waals surface area (Å²) in [7, 11) is 0. The molecular weight excluding hydrogens is 254 g/mol. The number of nitrogens with two attached hydrogens (primary N) is 1. The van der Waals surface area contributed by atoms with Gasteiger partial charge in [0.15, 0.2) is 0 Å². The van der Waals surface area contributed by atoms with Crippen LogP contribution in [0.5, 0.6) is 0 Å². The molecular formula is C15H21N3O2. The number of carbonyl (C=O) groups excluding carboxylic acids is 1. The molecule has 1 fully saturated rings. The van der Waals surface area contributed by atoms with Crippen molar-refractivity contribution in [1.82, 2.24) is 9.80 Å². The highest BCUT2D eigenvalue weighted by atomic mass is 16.5. The summed E-state index contributed by atoms with van der Waals surface area (Å²) >= 11 is 0. The van der Waals surface area contributed by atoms with E-state index in [1.54, 1.807) is 0 Å². The molecule has 2 heterocycles. The summed E-state index contributed by atoms with van der Waals surface area (Å²) in [6, 6.07) is 8.38. The first kappa shape index (κ1) is 13.4. The minimum absolute atomic E-state index is 0.00436. The van der Waals surface area contributed by atoms with E-state index in [1.807, 2.05) is 21.9 Å². The first-order chi connectivity index (χ1) is 9.81. The Labute approximate surface area is 119 Å². The largest absolute Gasteiger partial charge is 0.378 e. The van der Waals surface area contributed by atoms with Crippen molar-refractivity contribution < 1.29 is 9.53 Å². The second-order valence-corrected chi connectivity index (χ2v) is 5.28. The number of ether oxygens (including phenoxy) is 1. The third-order valence-electron chi connectivity index (χ3n) is 4.16. The molecule has 1 saturated heterocycles. The van der Waals surface area contributed by atoms with Gasteiger partial charge in [0.05, 0.1) is 19.3 Å². The number of benzene rings is 1. The van der Waals surface area contributed by atoms with Crippen molar-refractivity contribution >= 4 is 6.03 Å². The number of fused-ring (bicyclic) bond motifs is 1. The number of amides is 2. The van der Waals surface area contributed by atoms with Crippen molar-refractivity contribution in [2.75, 3.05) is 39.4 Å². The molecule has 1 aromatic rings. The van der Waals surface area contributed by atoms with Crippen LogP contribution in [0.2, 0.25) is 0 Å². The van der Waals surface area contributed by atoms with Gasteiger partial charge in [-0.1, -0.05) is 24.3 Å². The number of nitrogens with zero attached hydrogens (tertiary/aromatic N) is 2. The topological polar surface area (TPSA) is 58.8 Å². The molecule has 1 atom stereocenters. The van der Waals surface area contributed by atoms with E-state index in [0.29, 0.717) is 32.8 Å². The fourth-order valence-corrected chi connectivity index (χ4v) is 3.07. The second-order valence-electron chi connectivity index (χ2n) is 5.28. The predicted octanol–water partition coefficient (Wildman–Crippen LogP) is 0.997. The van der Waals surface area contributed by atoms with Crippen LogP contribution in [0, 0.1) is 0 Å². The molecule has 0 saturated carbocycles. The fraction of sp³-hybridized carbons (Fsp3) is 0.533. The van der Waals surface area contributed by atoms with Gasteiger partial charge in [0.25, 0.3) is 0 Å².